The van der Waals surface area contributed by atoms with Crippen LogP contribution in [0.4, 0.5) is 11.4 Å². The third-order valence-corrected chi connectivity index (χ3v) is 7.56. The molecule has 42 heavy (non-hydrogen) atoms. The van der Waals surface area contributed by atoms with Gasteiger partial charge in [0.05, 0.1) is 24.2 Å². The van der Waals surface area contributed by atoms with Crippen molar-refractivity contribution < 1.29 is 28.0 Å². The van der Waals surface area contributed by atoms with Crippen LogP contribution in [0.3, 0.4) is 0 Å². The van der Waals surface area contributed by atoms with Crippen LogP contribution in [0, 0.1) is 11.8 Å². The van der Waals surface area contributed by atoms with Crippen LogP contribution in [0.2, 0.25) is 0 Å². The maximum absolute atomic E-state index is 12.8. The molecule has 12 nitrogen and oxygen atoms in total. The minimum Gasteiger partial charge on any atom is -0.441 e. The lowest BCUT2D eigenvalue weighted by Crippen LogP contribution is -2.31. The Kier molecular flexibility index (Phi) is 7.50. The Morgan fingerprint density at radius 3 is 1.40 bits per heavy atom. The molecule has 2 fully saturated rings. The number of carbonyl (C=O) groups excluding carboxylic acids is 4. The summed E-state index contributed by atoms with van der Waals surface area (Å²) in [6, 6.07) is 15.0. The van der Waals surface area contributed by atoms with Gasteiger partial charge in [0.1, 0.15) is 12.5 Å². The summed E-state index contributed by atoms with van der Waals surface area (Å²) in [5.74, 6) is -1.48. The van der Waals surface area contributed by atoms with Crippen molar-refractivity contribution in [1.29, 1.82) is 0 Å². The van der Waals surface area contributed by atoms with E-state index in [4.69, 9.17) is 8.83 Å². The first-order chi connectivity index (χ1) is 20.4. The third-order valence-electron chi connectivity index (χ3n) is 7.56. The van der Waals surface area contributed by atoms with Crippen molar-refractivity contribution in [3.05, 3.63) is 85.2 Å². The molecule has 214 valence electrons. The second-order valence-corrected chi connectivity index (χ2v) is 10.3. The van der Waals surface area contributed by atoms with Gasteiger partial charge in [0.15, 0.2) is 0 Å². The van der Waals surface area contributed by atoms with E-state index in [-0.39, 0.29) is 47.2 Å². The molecule has 2 aliphatic heterocycles. The van der Waals surface area contributed by atoms with Crippen LogP contribution in [0.25, 0.3) is 11.1 Å². The molecule has 0 radical (unpaired) electrons. The molecule has 6 rings (SSSR count). The van der Waals surface area contributed by atoms with E-state index < -0.39 is 0 Å². The number of likely N-dealkylation sites (tertiary alicyclic amines) is 2. The van der Waals surface area contributed by atoms with E-state index >= 15 is 0 Å². The number of nitrogens with one attached hydrogen (secondary N) is 2. The molecule has 0 unspecified atom stereocenters. The lowest BCUT2D eigenvalue weighted by atomic mass is 10.0. The molecule has 4 heterocycles. The van der Waals surface area contributed by atoms with E-state index in [0.29, 0.717) is 50.4 Å². The van der Waals surface area contributed by atoms with Crippen molar-refractivity contribution in [1.82, 2.24) is 19.8 Å². The maximum Gasteiger partial charge on any atom is 0.309 e. The van der Waals surface area contributed by atoms with Crippen molar-refractivity contribution >= 4 is 35.0 Å². The van der Waals surface area contributed by atoms with Crippen molar-refractivity contribution in [2.45, 2.75) is 12.8 Å². The molecule has 2 aromatic heterocycles. The normalized spacial score (nSPS) is 18.2. The van der Waals surface area contributed by atoms with Crippen molar-refractivity contribution in [3.8, 4) is 11.1 Å². The van der Waals surface area contributed by atoms with Crippen LogP contribution < -0.4 is 10.6 Å². The van der Waals surface area contributed by atoms with Gasteiger partial charge in [-0.3, -0.25) is 19.2 Å². The molecule has 2 saturated heterocycles. The van der Waals surface area contributed by atoms with E-state index in [2.05, 4.69) is 20.6 Å². The highest BCUT2D eigenvalue weighted by Crippen LogP contribution is 2.26. The molecule has 4 amide bonds. The predicted octanol–water partition coefficient (Wildman–Crippen LogP) is 3.53. The number of carbonyl (C=O) groups is 4. The number of benzene rings is 2. The molecule has 0 saturated carbocycles. The second kappa shape index (κ2) is 11.7. The highest BCUT2D eigenvalue weighted by Gasteiger charge is 2.34. The first-order valence-electron chi connectivity index (χ1n) is 13.6. The van der Waals surface area contributed by atoms with Gasteiger partial charge in [0, 0.05) is 37.6 Å². The molecular formula is C30H28N6O6. The topological polar surface area (TPSA) is 151 Å². The summed E-state index contributed by atoms with van der Waals surface area (Å²) >= 11 is 0. The zero-order valence-electron chi connectivity index (χ0n) is 22.6. The summed E-state index contributed by atoms with van der Waals surface area (Å²) in [7, 11) is 0. The Morgan fingerprint density at radius 2 is 1.05 bits per heavy atom. The SMILES string of the molecule is O=C(Nc1ccc(-c2ccc(NC(=O)[C@H]3CCN(C(=O)c4ncco4)C3)cc2)cc1)[C@@H]1CCN(C(=O)c2ncco2)C1. The maximum atomic E-state index is 12.8. The Bertz CT molecular complexity index is 1450. The second-order valence-electron chi connectivity index (χ2n) is 10.3. The Labute approximate surface area is 240 Å². The number of rotatable bonds is 7. The van der Waals surface area contributed by atoms with Crippen LogP contribution in [-0.4, -0.2) is 69.6 Å². The van der Waals surface area contributed by atoms with E-state index in [1.165, 1.54) is 24.9 Å². The average Bonchev–Trinajstić information content (AvgIpc) is 3.84. The Morgan fingerprint density at radius 1 is 0.643 bits per heavy atom. The molecule has 2 N–H and O–H groups in total. The Hall–Kier alpha value is -5.26. The monoisotopic (exact) mass is 568 g/mol. The van der Waals surface area contributed by atoms with Gasteiger partial charge in [-0.2, -0.15) is 0 Å². The fourth-order valence-corrected chi connectivity index (χ4v) is 5.23. The molecule has 4 aromatic rings. The van der Waals surface area contributed by atoms with Crippen LogP contribution >= 0.6 is 0 Å². The van der Waals surface area contributed by atoms with Crippen LogP contribution in [-0.2, 0) is 9.59 Å². The van der Waals surface area contributed by atoms with Crippen molar-refractivity contribution in [2.75, 3.05) is 36.8 Å². The van der Waals surface area contributed by atoms with Gasteiger partial charge >= 0.3 is 11.8 Å². The van der Waals surface area contributed by atoms with Gasteiger partial charge in [-0.15, -0.1) is 0 Å². The minimum absolute atomic E-state index is 0.0277. The quantitative estimate of drug-likeness (QED) is 0.344. The summed E-state index contributed by atoms with van der Waals surface area (Å²) < 4.78 is 10.1. The smallest absolute Gasteiger partial charge is 0.309 e. The van der Waals surface area contributed by atoms with E-state index in [1.54, 1.807) is 9.80 Å². The number of anilines is 2. The molecule has 2 aromatic carbocycles. The first-order valence-corrected chi connectivity index (χ1v) is 13.6. The molecule has 12 heteroatoms. The Balaban J connectivity index is 0.991. The van der Waals surface area contributed by atoms with Gasteiger partial charge in [-0.05, 0) is 48.2 Å². The number of oxazole rings is 2. The van der Waals surface area contributed by atoms with E-state index in [1.807, 2.05) is 48.5 Å². The summed E-state index contributed by atoms with van der Waals surface area (Å²) in [5.41, 5.74) is 3.23. The molecule has 0 spiro atoms. The fraction of sp³-hybridized carbons (Fsp3) is 0.267. The van der Waals surface area contributed by atoms with E-state index in [0.717, 1.165) is 11.1 Å². The molecule has 2 atom stereocenters. The average molecular weight is 569 g/mol. The zero-order valence-corrected chi connectivity index (χ0v) is 22.6. The number of hydrogen-bond donors (Lipinski definition) is 2. The standard InChI is InChI=1S/C30H28N6O6/c37-25(21-9-13-35(17-21)29(39)27-31-11-15-41-27)33-23-5-1-19(2-6-23)20-3-7-24(8-4-20)34-26(38)22-10-14-36(18-22)30(40)28-32-12-16-42-28/h1-8,11-12,15-16,21-22H,9-10,13-14,17-18H2,(H,33,37)(H,34,38)/t21-,22+. The third kappa shape index (κ3) is 5.78. The lowest BCUT2D eigenvalue weighted by molar-refractivity contribution is -0.120. The van der Waals surface area contributed by atoms with Gasteiger partial charge in [-0.1, -0.05) is 24.3 Å². The molecular weight excluding hydrogens is 540 g/mol. The number of amides is 4. The number of hydrogen-bond acceptors (Lipinski definition) is 8. The largest absolute Gasteiger partial charge is 0.441 e. The number of nitrogens with zero attached hydrogens (tertiary/aromatic N) is 4. The molecule has 0 aliphatic carbocycles. The van der Waals surface area contributed by atoms with Crippen LogP contribution in [0.1, 0.15) is 34.2 Å². The minimum atomic E-state index is -0.314. The van der Waals surface area contributed by atoms with Gasteiger partial charge in [-0.25, -0.2) is 9.97 Å². The van der Waals surface area contributed by atoms with Gasteiger partial charge in [0.25, 0.3) is 11.8 Å². The highest BCUT2D eigenvalue weighted by atomic mass is 16.4. The zero-order chi connectivity index (χ0) is 29.1. The first kappa shape index (κ1) is 26.9. The summed E-state index contributed by atoms with van der Waals surface area (Å²) in [6.07, 6.45) is 6.67. The van der Waals surface area contributed by atoms with Gasteiger partial charge in [0.2, 0.25) is 11.8 Å². The summed E-state index contributed by atoms with van der Waals surface area (Å²) in [4.78, 5) is 61.4. The van der Waals surface area contributed by atoms with Crippen LogP contribution in [0.5, 0.6) is 0 Å². The summed E-state index contributed by atoms with van der Waals surface area (Å²) in [5, 5.41) is 5.87. The predicted molar refractivity (Wildman–Crippen MR) is 150 cm³/mol. The highest BCUT2D eigenvalue weighted by molar-refractivity contribution is 5.96. The molecule has 2 aliphatic rings. The summed E-state index contributed by atoms with van der Waals surface area (Å²) in [6.45, 7) is 1.56. The van der Waals surface area contributed by atoms with E-state index in [9.17, 15) is 19.2 Å². The van der Waals surface area contributed by atoms with Gasteiger partial charge < -0.3 is 29.3 Å². The van der Waals surface area contributed by atoms with Crippen molar-refractivity contribution in [3.63, 3.8) is 0 Å². The lowest BCUT2D eigenvalue weighted by Gasteiger charge is -2.15. The molecule has 0 bridgehead atoms. The van der Waals surface area contributed by atoms with Crippen LogP contribution in [0.15, 0.2) is 82.3 Å². The van der Waals surface area contributed by atoms with Crippen molar-refractivity contribution in [2.24, 2.45) is 11.8 Å². The fourth-order valence-electron chi connectivity index (χ4n) is 5.23. The number of aromatic nitrogens is 2.